The molecule has 0 aromatic carbocycles. The van der Waals surface area contributed by atoms with Gasteiger partial charge in [-0.1, -0.05) is 13.8 Å². The summed E-state index contributed by atoms with van der Waals surface area (Å²) in [5, 5.41) is 10.0. The minimum Gasteiger partial charge on any atom is -0.493 e. The number of nitrogens with zero attached hydrogens (tertiary/aromatic N) is 2. The van der Waals surface area contributed by atoms with Crippen molar-refractivity contribution >= 4 is 16.5 Å². The molecule has 0 bridgehead atoms. The van der Waals surface area contributed by atoms with Crippen molar-refractivity contribution in [2.45, 2.75) is 13.8 Å². The van der Waals surface area contributed by atoms with Gasteiger partial charge >= 0.3 is 0 Å². The predicted molar refractivity (Wildman–Crippen MR) is 51.9 cm³/mol. The molecule has 0 amide bonds. The Morgan fingerprint density at radius 2 is 2.33 bits per heavy atom. The molecule has 1 aromatic rings. The first kappa shape index (κ1) is 9.32. The van der Waals surface area contributed by atoms with Crippen LogP contribution in [0.3, 0.4) is 0 Å². The number of aromatic hydroxyl groups is 1. The van der Waals surface area contributed by atoms with E-state index in [-0.39, 0.29) is 5.88 Å². The van der Waals surface area contributed by atoms with Gasteiger partial charge in [-0.15, -0.1) is 0 Å². The zero-order valence-electron chi connectivity index (χ0n) is 7.61. The maximum Gasteiger partial charge on any atom is 0.224 e. The van der Waals surface area contributed by atoms with Crippen LogP contribution < -0.4 is 4.90 Å². The van der Waals surface area contributed by atoms with Crippen LogP contribution in [-0.2, 0) is 0 Å². The van der Waals surface area contributed by atoms with Gasteiger partial charge in [-0.05, 0) is 17.5 Å². The number of hydrogen-bond donors (Lipinski definition) is 1. The van der Waals surface area contributed by atoms with Crippen molar-refractivity contribution in [1.29, 1.82) is 0 Å². The van der Waals surface area contributed by atoms with Crippen molar-refractivity contribution in [3.63, 3.8) is 0 Å². The average molecular weight is 186 g/mol. The predicted octanol–water partition coefficient (Wildman–Crippen LogP) is 1.94. The third-order valence-electron chi connectivity index (χ3n) is 1.50. The molecular weight excluding hydrogens is 172 g/mol. The highest BCUT2D eigenvalue weighted by Gasteiger charge is 2.06. The van der Waals surface area contributed by atoms with Crippen LogP contribution in [0.1, 0.15) is 13.8 Å². The van der Waals surface area contributed by atoms with Gasteiger partial charge in [0.25, 0.3) is 0 Å². The number of rotatable bonds is 3. The summed E-state index contributed by atoms with van der Waals surface area (Å²) < 4.78 is 3.80. The average Bonchev–Trinajstić information content (AvgIpc) is 2.34. The van der Waals surface area contributed by atoms with Gasteiger partial charge in [0.1, 0.15) is 5.00 Å². The molecule has 0 unspecified atom stereocenters. The molecule has 0 fully saturated rings. The monoisotopic (exact) mass is 186 g/mol. The lowest BCUT2D eigenvalue weighted by atomic mass is 10.2. The Kier molecular flexibility index (Phi) is 2.92. The molecule has 1 heterocycles. The fourth-order valence-corrected chi connectivity index (χ4v) is 1.69. The third-order valence-corrected chi connectivity index (χ3v) is 2.40. The first-order valence-electron chi connectivity index (χ1n) is 3.96. The largest absolute Gasteiger partial charge is 0.493 e. The highest BCUT2D eigenvalue weighted by molar-refractivity contribution is 7.10. The Bertz CT molecular complexity index is 247. The van der Waals surface area contributed by atoms with E-state index in [2.05, 4.69) is 23.1 Å². The maximum atomic E-state index is 9.01. The molecule has 68 valence electrons. The SMILES string of the molecule is CC(C)CN(C)c1cc(O)ns1. The van der Waals surface area contributed by atoms with E-state index in [0.29, 0.717) is 5.92 Å². The van der Waals surface area contributed by atoms with Crippen LogP contribution >= 0.6 is 11.5 Å². The highest BCUT2D eigenvalue weighted by atomic mass is 32.1. The van der Waals surface area contributed by atoms with Crippen molar-refractivity contribution < 1.29 is 5.11 Å². The summed E-state index contributed by atoms with van der Waals surface area (Å²) in [6.45, 7) is 5.32. The summed E-state index contributed by atoms with van der Waals surface area (Å²) in [5.74, 6) is 0.741. The third kappa shape index (κ3) is 2.37. The Morgan fingerprint density at radius 1 is 1.67 bits per heavy atom. The Labute approximate surface area is 76.8 Å². The van der Waals surface area contributed by atoms with E-state index in [1.54, 1.807) is 6.07 Å². The topological polar surface area (TPSA) is 36.4 Å². The molecule has 1 aromatic heterocycles. The molecule has 1 N–H and O–H groups in total. The second kappa shape index (κ2) is 3.76. The van der Waals surface area contributed by atoms with Gasteiger partial charge in [-0.3, -0.25) is 0 Å². The quantitative estimate of drug-likeness (QED) is 0.783. The molecule has 0 saturated carbocycles. The molecule has 0 radical (unpaired) electrons. The molecule has 0 aliphatic heterocycles. The fraction of sp³-hybridized carbons (Fsp3) is 0.625. The lowest BCUT2D eigenvalue weighted by molar-refractivity contribution is 0.460. The van der Waals surface area contributed by atoms with Crippen LogP contribution in [0.2, 0.25) is 0 Å². The van der Waals surface area contributed by atoms with E-state index in [9.17, 15) is 0 Å². The summed E-state index contributed by atoms with van der Waals surface area (Å²) in [6, 6.07) is 1.69. The van der Waals surface area contributed by atoms with Crippen LogP contribution in [0.25, 0.3) is 0 Å². The maximum absolute atomic E-state index is 9.01. The van der Waals surface area contributed by atoms with E-state index < -0.39 is 0 Å². The van der Waals surface area contributed by atoms with Gasteiger partial charge < -0.3 is 10.0 Å². The fourth-order valence-electron chi connectivity index (χ4n) is 1.07. The standard InChI is InChI=1S/C8H14N2OS/c1-6(2)5-10(3)8-4-7(11)9-12-8/h4,6H,5H2,1-3H3,(H,9,11). The van der Waals surface area contributed by atoms with Gasteiger partial charge in [-0.2, -0.15) is 4.37 Å². The minimum absolute atomic E-state index is 0.116. The molecular formula is C8H14N2OS. The molecule has 4 heteroatoms. The zero-order valence-corrected chi connectivity index (χ0v) is 8.43. The van der Waals surface area contributed by atoms with Crippen molar-refractivity contribution in [2.75, 3.05) is 18.5 Å². The van der Waals surface area contributed by atoms with Crippen molar-refractivity contribution in [3.05, 3.63) is 6.07 Å². The second-order valence-corrected chi connectivity index (χ2v) is 4.08. The molecule has 0 aliphatic carbocycles. The normalized spacial score (nSPS) is 10.7. The second-order valence-electron chi connectivity index (χ2n) is 3.30. The van der Waals surface area contributed by atoms with Crippen molar-refractivity contribution in [3.8, 4) is 5.88 Å². The van der Waals surface area contributed by atoms with Gasteiger partial charge in [0.05, 0.1) is 0 Å². The van der Waals surface area contributed by atoms with E-state index in [0.717, 1.165) is 11.5 Å². The van der Waals surface area contributed by atoms with Gasteiger partial charge in [0, 0.05) is 19.7 Å². The lowest BCUT2D eigenvalue weighted by Gasteiger charge is -2.18. The van der Waals surface area contributed by atoms with E-state index in [1.807, 2.05) is 7.05 Å². The minimum atomic E-state index is 0.116. The van der Waals surface area contributed by atoms with Gasteiger partial charge in [-0.25, -0.2) is 0 Å². The van der Waals surface area contributed by atoms with Crippen LogP contribution in [0.4, 0.5) is 5.00 Å². The van der Waals surface area contributed by atoms with Gasteiger partial charge in [0.15, 0.2) is 0 Å². The molecule has 0 aliphatic rings. The lowest BCUT2D eigenvalue weighted by Crippen LogP contribution is -2.21. The van der Waals surface area contributed by atoms with Crippen LogP contribution in [-0.4, -0.2) is 23.1 Å². The summed E-state index contributed by atoms with van der Waals surface area (Å²) >= 11 is 1.33. The smallest absolute Gasteiger partial charge is 0.224 e. The van der Waals surface area contributed by atoms with Crippen LogP contribution in [0, 0.1) is 5.92 Å². The molecule has 0 saturated heterocycles. The van der Waals surface area contributed by atoms with E-state index >= 15 is 0 Å². The molecule has 12 heavy (non-hydrogen) atoms. The van der Waals surface area contributed by atoms with E-state index in [1.165, 1.54) is 11.5 Å². The Hall–Kier alpha value is -0.770. The first-order chi connectivity index (χ1) is 5.59. The molecule has 1 rings (SSSR count). The number of hydrogen-bond acceptors (Lipinski definition) is 4. The van der Waals surface area contributed by atoms with Gasteiger partial charge in [0.2, 0.25) is 5.88 Å². The first-order valence-corrected chi connectivity index (χ1v) is 4.73. The number of anilines is 1. The van der Waals surface area contributed by atoms with Crippen LogP contribution in [0.15, 0.2) is 6.07 Å². The highest BCUT2D eigenvalue weighted by Crippen LogP contribution is 2.24. The Balaban J connectivity index is 2.58. The zero-order chi connectivity index (χ0) is 9.14. The Morgan fingerprint density at radius 3 is 2.75 bits per heavy atom. The van der Waals surface area contributed by atoms with Crippen molar-refractivity contribution in [2.24, 2.45) is 5.92 Å². The summed E-state index contributed by atoms with van der Waals surface area (Å²) in [5.41, 5.74) is 0. The molecule has 3 nitrogen and oxygen atoms in total. The van der Waals surface area contributed by atoms with E-state index in [4.69, 9.17) is 5.11 Å². The molecule has 0 spiro atoms. The summed E-state index contributed by atoms with van der Waals surface area (Å²) in [4.78, 5) is 2.10. The van der Waals surface area contributed by atoms with Crippen LogP contribution in [0.5, 0.6) is 5.88 Å². The number of aromatic nitrogens is 1. The van der Waals surface area contributed by atoms with Crippen molar-refractivity contribution in [1.82, 2.24) is 4.37 Å². The molecule has 0 atom stereocenters. The summed E-state index contributed by atoms with van der Waals surface area (Å²) in [7, 11) is 2.01. The summed E-state index contributed by atoms with van der Waals surface area (Å²) in [6.07, 6.45) is 0.